The minimum absolute atomic E-state index is 0.0133. The number of rotatable bonds is 7. The first-order valence-corrected chi connectivity index (χ1v) is 10.3. The van der Waals surface area contributed by atoms with Gasteiger partial charge in [0.2, 0.25) is 5.82 Å². The molecule has 33 heavy (non-hydrogen) atoms. The van der Waals surface area contributed by atoms with E-state index < -0.39 is 5.91 Å². The van der Waals surface area contributed by atoms with E-state index in [4.69, 9.17) is 25.8 Å². The predicted octanol–water partition coefficient (Wildman–Crippen LogP) is 4.87. The van der Waals surface area contributed by atoms with Gasteiger partial charge in [-0.3, -0.25) is 4.79 Å². The maximum Gasteiger partial charge on any atom is 0.295 e. The molecule has 0 bridgehead atoms. The molecule has 0 aliphatic rings. The summed E-state index contributed by atoms with van der Waals surface area (Å²) in [5.41, 5.74) is 1.91. The topological polar surface area (TPSA) is 87.5 Å². The number of hydrogen-bond donors (Lipinski definition) is 1. The highest BCUT2D eigenvalue weighted by Crippen LogP contribution is 2.30. The largest absolute Gasteiger partial charge is 0.497 e. The average molecular weight is 465 g/mol. The molecule has 1 N–H and O–H groups in total. The second-order valence-electron chi connectivity index (χ2n) is 6.90. The van der Waals surface area contributed by atoms with Crippen molar-refractivity contribution in [3.05, 3.63) is 77.6 Å². The third kappa shape index (κ3) is 4.75. The summed E-state index contributed by atoms with van der Waals surface area (Å²) in [6.45, 7) is 0. The molecule has 1 amide bonds. The number of nitrogens with one attached hydrogen (secondary N) is 1. The van der Waals surface area contributed by atoms with E-state index in [1.807, 2.05) is 36.4 Å². The zero-order valence-electron chi connectivity index (χ0n) is 18.2. The van der Waals surface area contributed by atoms with Gasteiger partial charge in [0.15, 0.2) is 5.82 Å². The standard InChI is InChI=1S/C24H21ClN4O4/c1-31-18-10-8-17(9-11-18)29-23(15-4-6-16(25)7-5-15)27-22(28-29)24(30)26-20-14-19(32-2)12-13-21(20)33-3/h4-14H,1-3H3,(H,26,30). The van der Waals surface area contributed by atoms with Crippen molar-refractivity contribution < 1.29 is 19.0 Å². The highest BCUT2D eigenvalue weighted by atomic mass is 35.5. The summed E-state index contributed by atoms with van der Waals surface area (Å²) in [6.07, 6.45) is 0. The molecule has 1 heterocycles. The molecular weight excluding hydrogens is 444 g/mol. The zero-order chi connectivity index (χ0) is 23.4. The molecule has 0 saturated carbocycles. The Morgan fingerprint density at radius 2 is 1.55 bits per heavy atom. The predicted molar refractivity (Wildman–Crippen MR) is 126 cm³/mol. The summed E-state index contributed by atoms with van der Waals surface area (Å²) in [7, 11) is 4.66. The number of anilines is 1. The lowest BCUT2D eigenvalue weighted by atomic mass is 10.2. The molecule has 9 heteroatoms. The van der Waals surface area contributed by atoms with Crippen molar-refractivity contribution in [1.82, 2.24) is 14.8 Å². The number of nitrogens with zero attached hydrogens (tertiary/aromatic N) is 3. The number of hydrogen-bond acceptors (Lipinski definition) is 6. The van der Waals surface area contributed by atoms with Crippen LogP contribution in [0.5, 0.6) is 17.2 Å². The van der Waals surface area contributed by atoms with Crippen LogP contribution in [0, 0.1) is 0 Å². The van der Waals surface area contributed by atoms with Gasteiger partial charge in [-0.15, -0.1) is 5.10 Å². The van der Waals surface area contributed by atoms with Crippen LogP contribution >= 0.6 is 11.6 Å². The van der Waals surface area contributed by atoms with E-state index in [9.17, 15) is 4.79 Å². The fourth-order valence-electron chi connectivity index (χ4n) is 3.19. The van der Waals surface area contributed by atoms with Crippen LogP contribution in [0.3, 0.4) is 0 Å². The summed E-state index contributed by atoms with van der Waals surface area (Å²) in [5.74, 6) is 1.74. The summed E-state index contributed by atoms with van der Waals surface area (Å²) >= 11 is 6.05. The molecule has 4 rings (SSSR count). The van der Waals surface area contributed by atoms with Crippen LogP contribution in [0.1, 0.15) is 10.6 Å². The van der Waals surface area contributed by atoms with Gasteiger partial charge in [0, 0.05) is 16.7 Å². The molecule has 0 spiro atoms. The first-order valence-electron chi connectivity index (χ1n) is 9.93. The van der Waals surface area contributed by atoms with Gasteiger partial charge < -0.3 is 19.5 Å². The van der Waals surface area contributed by atoms with Crippen LogP contribution in [0.15, 0.2) is 66.7 Å². The van der Waals surface area contributed by atoms with E-state index in [0.29, 0.717) is 39.5 Å². The molecule has 8 nitrogen and oxygen atoms in total. The van der Waals surface area contributed by atoms with Crippen LogP contribution in [-0.4, -0.2) is 42.0 Å². The Morgan fingerprint density at radius 1 is 0.879 bits per heavy atom. The summed E-state index contributed by atoms with van der Waals surface area (Å²) < 4.78 is 17.4. The van der Waals surface area contributed by atoms with Gasteiger partial charge in [-0.25, -0.2) is 9.67 Å². The number of carbonyl (C=O) groups is 1. The molecule has 0 aliphatic carbocycles. The molecule has 0 saturated heterocycles. The van der Waals surface area contributed by atoms with E-state index in [-0.39, 0.29) is 5.82 Å². The Hall–Kier alpha value is -4.04. The molecule has 0 atom stereocenters. The molecule has 0 unspecified atom stereocenters. The second kappa shape index (κ2) is 9.62. The van der Waals surface area contributed by atoms with E-state index in [1.165, 1.54) is 7.11 Å². The average Bonchev–Trinajstić information content (AvgIpc) is 3.30. The lowest BCUT2D eigenvalue weighted by Gasteiger charge is -2.10. The molecule has 3 aromatic carbocycles. The summed E-state index contributed by atoms with van der Waals surface area (Å²) in [4.78, 5) is 17.6. The third-order valence-corrected chi connectivity index (χ3v) is 5.14. The quantitative estimate of drug-likeness (QED) is 0.420. The first-order chi connectivity index (χ1) is 16.0. The Balaban J connectivity index is 1.74. The van der Waals surface area contributed by atoms with Crippen molar-refractivity contribution in [3.8, 4) is 34.3 Å². The maximum atomic E-state index is 13.1. The van der Waals surface area contributed by atoms with E-state index in [2.05, 4.69) is 15.4 Å². The summed E-state index contributed by atoms with van der Waals surface area (Å²) in [5, 5.41) is 7.87. The van der Waals surface area contributed by atoms with Crippen LogP contribution in [0.4, 0.5) is 5.69 Å². The molecule has 4 aromatic rings. The monoisotopic (exact) mass is 464 g/mol. The normalized spacial score (nSPS) is 10.5. The summed E-state index contributed by atoms with van der Waals surface area (Å²) in [6, 6.07) is 19.5. The van der Waals surface area contributed by atoms with Crippen molar-refractivity contribution in [1.29, 1.82) is 0 Å². The molecule has 1 aromatic heterocycles. The molecule has 168 valence electrons. The molecule has 0 radical (unpaired) electrons. The lowest BCUT2D eigenvalue weighted by Crippen LogP contribution is -2.15. The van der Waals surface area contributed by atoms with Crippen molar-refractivity contribution in [2.24, 2.45) is 0 Å². The smallest absolute Gasteiger partial charge is 0.295 e. The van der Waals surface area contributed by atoms with Crippen LogP contribution in [0.25, 0.3) is 17.1 Å². The highest BCUT2D eigenvalue weighted by molar-refractivity contribution is 6.30. The molecular formula is C24H21ClN4O4. The SMILES string of the molecule is COc1ccc(-n2nc(C(=O)Nc3cc(OC)ccc3OC)nc2-c2ccc(Cl)cc2)cc1. The van der Waals surface area contributed by atoms with E-state index in [0.717, 1.165) is 5.56 Å². The van der Waals surface area contributed by atoms with Crippen LogP contribution in [-0.2, 0) is 0 Å². The molecule has 0 fully saturated rings. The fraction of sp³-hybridized carbons (Fsp3) is 0.125. The van der Waals surface area contributed by atoms with Gasteiger partial charge in [-0.2, -0.15) is 0 Å². The number of ether oxygens (including phenoxy) is 3. The number of carbonyl (C=O) groups excluding carboxylic acids is 1. The Bertz CT molecular complexity index is 1270. The zero-order valence-corrected chi connectivity index (χ0v) is 19.0. The van der Waals surface area contributed by atoms with Gasteiger partial charge in [-0.05, 0) is 60.7 Å². The van der Waals surface area contributed by atoms with Crippen LogP contribution < -0.4 is 19.5 Å². The van der Waals surface area contributed by atoms with Gasteiger partial charge in [0.05, 0.1) is 32.7 Å². The van der Waals surface area contributed by atoms with Gasteiger partial charge >= 0.3 is 0 Å². The molecule has 0 aliphatic heterocycles. The second-order valence-corrected chi connectivity index (χ2v) is 7.33. The number of amides is 1. The van der Waals surface area contributed by atoms with Crippen molar-refractivity contribution in [3.63, 3.8) is 0 Å². The highest BCUT2D eigenvalue weighted by Gasteiger charge is 2.20. The number of benzene rings is 3. The number of halogens is 1. The van der Waals surface area contributed by atoms with Gasteiger partial charge in [0.25, 0.3) is 5.91 Å². The number of aromatic nitrogens is 3. The number of methoxy groups -OCH3 is 3. The maximum absolute atomic E-state index is 13.1. The van der Waals surface area contributed by atoms with E-state index in [1.54, 1.807) is 49.2 Å². The van der Waals surface area contributed by atoms with Crippen molar-refractivity contribution in [2.45, 2.75) is 0 Å². The van der Waals surface area contributed by atoms with Crippen molar-refractivity contribution in [2.75, 3.05) is 26.6 Å². The van der Waals surface area contributed by atoms with Crippen LogP contribution in [0.2, 0.25) is 5.02 Å². The fourth-order valence-corrected chi connectivity index (χ4v) is 3.31. The minimum Gasteiger partial charge on any atom is -0.497 e. The minimum atomic E-state index is -0.496. The third-order valence-electron chi connectivity index (χ3n) is 4.88. The first kappa shape index (κ1) is 22.2. The van der Waals surface area contributed by atoms with Gasteiger partial charge in [-0.1, -0.05) is 11.6 Å². The Kier molecular flexibility index (Phi) is 6.46. The Labute approximate surface area is 195 Å². The Morgan fingerprint density at radius 3 is 2.18 bits per heavy atom. The van der Waals surface area contributed by atoms with Gasteiger partial charge in [0.1, 0.15) is 17.2 Å². The van der Waals surface area contributed by atoms with Crippen molar-refractivity contribution >= 4 is 23.2 Å². The lowest BCUT2D eigenvalue weighted by molar-refractivity contribution is 0.101. The van der Waals surface area contributed by atoms with E-state index >= 15 is 0 Å².